The highest BCUT2D eigenvalue weighted by Crippen LogP contribution is 2.62. The van der Waals surface area contributed by atoms with Gasteiger partial charge in [0, 0.05) is 11.1 Å². The van der Waals surface area contributed by atoms with Crippen molar-refractivity contribution in [3.63, 3.8) is 0 Å². The molecule has 0 aromatic heterocycles. The van der Waals surface area contributed by atoms with Crippen LogP contribution in [0.15, 0.2) is 84.2 Å². The molecule has 0 radical (unpaired) electrons. The van der Waals surface area contributed by atoms with Gasteiger partial charge >= 0.3 is 6.18 Å². The summed E-state index contributed by atoms with van der Waals surface area (Å²) in [5, 5.41) is 20.4. The van der Waals surface area contributed by atoms with Crippen LogP contribution in [0.1, 0.15) is 33.4 Å². The molecule has 2 aliphatic rings. The molecule has 0 saturated carbocycles. The lowest BCUT2D eigenvalue weighted by Gasteiger charge is -2.19. The van der Waals surface area contributed by atoms with E-state index in [1.54, 1.807) is 36.4 Å². The highest BCUT2D eigenvalue weighted by Gasteiger charge is 2.42. The van der Waals surface area contributed by atoms with E-state index in [0.717, 1.165) is 17.7 Å². The van der Waals surface area contributed by atoms with Gasteiger partial charge in [-0.1, -0.05) is 60.7 Å². The van der Waals surface area contributed by atoms with E-state index in [4.69, 9.17) is 26.3 Å². The Kier molecular flexibility index (Phi) is 7.04. The van der Waals surface area contributed by atoms with Crippen LogP contribution in [-0.4, -0.2) is 0 Å². The van der Waals surface area contributed by atoms with Gasteiger partial charge in [0.05, 0.1) is 44.0 Å². The van der Waals surface area contributed by atoms with E-state index in [9.17, 15) is 23.7 Å². The van der Waals surface area contributed by atoms with Gasteiger partial charge in [0.1, 0.15) is 0 Å². The first kappa shape index (κ1) is 29.9. The molecular formula is C38H15F3N6. The monoisotopic (exact) mass is 612 g/mol. The summed E-state index contributed by atoms with van der Waals surface area (Å²) in [6.07, 6.45) is -4.75. The lowest BCUT2D eigenvalue weighted by atomic mass is 9.84. The molecule has 0 aliphatic heterocycles. The molecule has 0 fully saturated rings. The number of alkyl halides is 3. The summed E-state index contributed by atoms with van der Waals surface area (Å²) in [6.45, 7) is 32.7. The molecule has 4 aromatic carbocycles. The van der Waals surface area contributed by atoms with E-state index < -0.39 is 17.4 Å². The molecule has 6 nitrogen and oxygen atoms in total. The van der Waals surface area contributed by atoms with Gasteiger partial charge in [-0.05, 0) is 80.3 Å². The van der Waals surface area contributed by atoms with Crippen LogP contribution in [0.3, 0.4) is 0 Å². The molecule has 6 rings (SSSR count). The molecule has 0 saturated heterocycles. The zero-order valence-electron chi connectivity index (χ0n) is 24.2. The fourth-order valence-corrected chi connectivity index (χ4v) is 6.26. The largest absolute Gasteiger partial charge is 0.407 e. The van der Waals surface area contributed by atoms with Crippen molar-refractivity contribution in [2.24, 2.45) is 0 Å². The van der Waals surface area contributed by atoms with Gasteiger partial charge < -0.3 is 0 Å². The van der Waals surface area contributed by atoms with Crippen molar-refractivity contribution < 1.29 is 13.2 Å². The molecule has 0 bridgehead atoms. The maximum absolute atomic E-state index is 13.7. The SMILES string of the molecule is [C-]#[N+]/C(C#N)=C1C2=C(/C(=C(\C#N)[N+]#[C-])c3c2cccc3-c2ccc(C)c([N+]#[C-])c2)c2cccc(-c3ccc(C(F)(F)F)c([N+]#[C-])c3)c2\1. The smallest absolute Gasteiger partial charge is 0.238 e. The quantitative estimate of drug-likeness (QED) is 0.167. The number of fused-ring (bicyclic) bond motifs is 4. The first-order valence-electron chi connectivity index (χ1n) is 13.8. The Morgan fingerprint density at radius 2 is 1.09 bits per heavy atom. The van der Waals surface area contributed by atoms with E-state index in [1.807, 2.05) is 37.3 Å². The van der Waals surface area contributed by atoms with Crippen molar-refractivity contribution in [1.82, 2.24) is 0 Å². The van der Waals surface area contributed by atoms with Gasteiger partial charge in [-0.15, -0.1) is 0 Å². The Morgan fingerprint density at radius 1 is 0.638 bits per heavy atom. The van der Waals surface area contributed by atoms with Crippen LogP contribution in [0.25, 0.3) is 63.9 Å². The van der Waals surface area contributed by atoms with Gasteiger partial charge in [0.2, 0.25) is 0 Å². The minimum atomic E-state index is -4.75. The standard InChI is InChI=1S/C38H15F3N6/c1-20-12-13-21(16-28(20)44-2)23-8-6-10-25-32(23)36(30(18-42)46-4)35-26-11-7-9-24(33(26)37(34(25)35)31(19-43)47-5)22-14-15-27(38(39,40)41)29(17-22)45-3/h6-17H,1H3/b36-30+,37-31-. The minimum Gasteiger partial charge on any atom is -0.238 e. The van der Waals surface area contributed by atoms with E-state index in [-0.39, 0.29) is 28.1 Å². The summed E-state index contributed by atoms with van der Waals surface area (Å²) >= 11 is 0. The second-order valence-electron chi connectivity index (χ2n) is 10.6. The van der Waals surface area contributed by atoms with Crippen molar-refractivity contribution in [1.29, 1.82) is 10.5 Å². The van der Waals surface area contributed by atoms with E-state index >= 15 is 0 Å². The molecule has 0 N–H and O–H groups in total. The number of nitriles is 2. The van der Waals surface area contributed by atoms with E-state index in [1.165, 1.54) is 6.07 Å². The molecule has 47 heavy (non-hydrogen) atoms. The van der Waals surface area contributed by atoms with Crippen LogP contribution in [0.2, 0.25) is 0 Å². The normalized spacial score (nSPS) is 14.7. The molecule has 0 amide bonds. The lowest BCUT2D eigenvalue weighted by Crippen LogP contribution is -2.05. The maximum atomic E-state index is 13.7. The molecule has 0 unspecified atom stereocenters. The molecule has 2 aliphatic carbocycles. The van der Waals surface area contributed by atoms with Crippen molar-refractivity contribution in [2.75, 3.05) is 0 Å². The highest BCUT2D eigenvalue weighted by atomic mass is 19.4. The Hall–Kier alpha value is -7.17. The second-order valence-corrected chi connectivity index (χ2v) is 10.6. The van der Waals surface area contributed by atoms with Gasteiger partial charge in [-0.2, -0.15) is 13.2 Å². The zero-order chi connectivity index (χ0) is 33.6. The molecule has 0 heterocycles. The van der Waals surface area contributed by atoms with Crippen LogP contribution in [-0.2, 0) is 6.18 Å². The topological polar surface area (TPSA) is 65.0 Å². The number of allylic oxidation sites excluding steroid dienone is 6. The van der Waals surface area contributed by atoms with Crippen LogP contribution < -0.4 is 0 Å². The number of aryl methyl sites for hydroxylation is 1. The van der Waals surface area contributed by atoms with Crippen LogP contribution in [0.4, 0.5) is 24.5 Å². The molecule has 9 heteroatoms. The van der Waals surface area contributed by atoms with Crippen molar-refractivity contribution in [3.05, 3.63) is 163 Å². The minimum absolute atomic E-state index is 0.216. The van der Waals surface area contributed by atoms with Crippen molar-refractivity contribution >= 4 is 33.7 Å². The second kappa shape index (κ2) is 11.1. The van der Waals surface area contributed by atoms with Gasteiger partial charge in [0.25, 0.3) is 11.4 Å². The van der Waals surface area contributed by atoms with E-state index in [0.29, 0.717) is 55.8 Å². The third kappa shape index (κ3) is 4.45. The Balaban J connectivity index is 1.72. The van der Waals surface area contributed by atoms with Crippen LogP contribution >= 0.6 is 0 Å². The average molecular weight is 613 g/mol. The van der Waals surface area contributed by atoms with Crippen molar-refractivity contribution in [2.45, 2.75) is 13.1 Å². The molecular weight excluding hydrogens is 597 g/mol. The molecule has 218 valence electrons. The number of halogens is 3. The Labute approximate surface area is 267 Å². The number of rotatable bonds is 2. The summed E-state index contributed by atoms with van der Waals surface area (Å²) < 4.78 is 41.0. The summed E-state index contributed by atoms with van der Waals surface area (Å²) in [5.74, 6) is 0. The summed E-state index contributed by atoms with van der Waals surface area (Å²) in [6, 6.07) is 22.9. The third-order valence-electron chi connectivity index (χ3n) is 8.20. The van der Waals surface area contributed by atoms with E-state index in [2.05, 4.69) is 19.4 Å². The van der Waals surface area contributed by atoms with Crippen molar-refractivity contribution in [3.8, 4) is 34.4 Å². The predicted molar refractivity (Wildman–Crippen MR) is 171 cm³/mol. The number of hydrogen-bond donors (Lipinski definition) is 0. The fourth-order valence-electron chi connectivity index (χ4n) is 6.26. The van der Waals surface area contributed by atoms with Gasteiger partial charge in [-0.25, -0.2) is 29.9 Å². The Morgan fingerprint density at radius 3 is 1.51 bits per heavy atom. The van der Waals surface area contributed by atoms with Crippen LogP contribution in [0, 0.1) is 55.9 Å². The highest BCUT2D eigenvalue weighted by molar-refractivity contribution is 6.39. The maximum Gasteiger partial charge on any atom is 0.407 e. The van der Waals surface area contributed by atoms with Gasteiger partial charge in [-0.3, -0.25) is 0 Å². The Bertz CT molecular complexity index is 2440. The predicted octanol–water partition coefficient (Wildman–Crippen LogP) is 10.7. The summed E-state index contributed by atoms with van der Waals surface area (Å²) in [5.41, 5.74) is 4.28. The summed E-state index contributed by atoms with van der Waals surface area (Å²) in [4.78, 5) is 13.8. The number of benzene rings is 4. The molecule has 0 atom stereocenters. The third-order valence-corrected chi connectivity index (χ3v) is 8.20. The number of hydrogen-bond acceptors (Lipinski definition) is 2. The first-order chi connectivity index (χ1) is 22.6. The first-order valence-corrected chi connectivity index (χ1v) is 13.8. The molecule has 4 aromatic rings. The van der Waals surface area contributed by atoms with Crippen LogP contribution in [0.5, 0.6) is 0 Å². The molecule has 0 spiro atoms. The average Bonchev–Trinajstić information content (AvgIpc) is 3.59. The fraction of sp³-hybridized carbons (Fsp3) is 0.0526. The number of nitrogens with zero attached hydrogens (tertiary/aromatic N) is 6. The van der Waals surface area contributed by atoms with Gasteiger partial charge in [0.15, 0.2) is 11.4 Å². The zero-order valence-corrected chi connectivity index (χ0v) is 24.2. The lowest BCUT2D eigenvalue weighted by molar-refractivity contribution is -0.136. The summed E-state index contributed by atoms with van der Waals surface area (Å²) in [7, 11) is 0.